The van der Waals surface area contributed by atoms with Crippen molar-refractivity contribution in [1.29, 1.82) is 5.26 Å². The van der Waals surface area contributed by atoms with E-state index in [1.165, 1.54) is 0 Å². The monoisotopic (exact) mass is 308 g/mol. The first-order valence-electron chi connectivity index (χ1n) is 5.73. The Bertz CT molecular complexity index is 490. The van der Waals surface area contributed by atoms with Crippen LogP contribution in [0.3, 0.4) is 0 Å². The second kappa shape index (κ2) is 5.51. The number of ether oxygens (including phenoxy) is 1. The number of rotatable bonds is 2. The minimum absolute atomic E-state index is 0.250. The molecule has 0 spiro atoms. The third-order valence-corrected chi connectivity index (χ3v) is 3.81. The van der Waals surface area contributed by atoms with E-state index in [2.05, 4.69) is 27.3 Å². The van der Waals surface area contributed by atoms with Gasteiger partial charge >= 0.3 is 0 Å². The first-order valence-corrected chi connectivity index (χ1v) is 6.52. The van der Waals surface area contributed by atoms with Crippen LogP contribution in [0.2, 0.25) is 0 Å². The van der Waals surface area contributed by atoms with Gasteiger partial charge in [0.15, 0.2) is 0 Å². The minimum atomic E-state index is -0.965. The SMILES string of the molecule is N#CC1(C(=O)Nc2ccccc2Br)CCOCC1. The van der Waals surface area contributed by atoms with Crippen LogP contribution in [0.1, 0.15) is 12.8 Å². The maximum absolute atomic E-state index is 12.3. The molecule has 0 bridgehead atoms. The molecule has 1 aromatic rings. The van der Waals surface area contributed by atoms with Gasteiger partial charge in [0.2, 0.25) is 5.91 Å². The molecule has 1 aromatic carbocycles. The van der Waals surface area contributed by atoms with Crippen molar-refractivity contribution in [2.45, 2.75) is 12.8 Å². The summed E-state index contributed by atoms with van der Waals surface area (Å²) in [5, 5.41) is 12.1. The van der Waals surface area contributed by atoms with Gasteiger partial charge in [-0.2, -0.15) is 5.26 Å². The lowest BCUT2D eigenvalue weighted by Gasteiger charge is -2.29. The molecule has 2 rings (SSSR count). The standard InChI is InChI=1S/C13H13BrN2O2/c14-10-3-1-2-4-11(10)16-12(17)13(9-15)5-7-18-8-6-13/h1-4H,5-8H2,(H,16,17). The van der Waals surface area contributed by atoms with Crippen LogP contribution in [0.5, 0.6) is 0 Å². The fraction of sp³-hybridized carbons (Fsp3) is 0.385. The Balaban J connectivity index is 2.16. The molecule has 0 radical (unpaired) electrons. The van der Waals surface area contributed by atoms with Gasteiger partial charge in [-0.3, -0.25) is 4.79 Å². The number of para-hydroxylation sites is 1. The summed E-state index contributed by atoms with van der Waals surface area (Å²) >= 11 is 3.37. The largest absolute Gasteiger partial charge is 0.381 e. The first-order chi connectivity index (χ1) is 8.68. The predicted octanol–water partition coefficient (Wildman–Crippen LogP) is 2.71. The molecule has 0 aromatic heterocycles. The van der Waals surface area contributed by atoms with Crippen molar-refractivity contribution in [2.24, 2.45) is 5.41 Å². The number of hydrogen-bond donors (Lipinski definition) is 1. The van der Waals surface area contributed by atoms with E-state index in [-0.39, 0.29) is 5.91 Å². The van der Waals surface area contributed by atoms with E-state index in [0.29, 0.717) is 31.7 Å². The number of carbonyl (C=O) groups is 1. The van der Waals surface area contributed by atoms with Crippen LogP contribution in [-0.4, -0.2) is 19.1 Å². The number of nitrogens with one attached hydrogen (secondary N) is 1. The maximum Gasteiger partial charge on any atom is 0.245 e. The van der Waals surface area contributed by atoms with Crippen molar-refractivity contribution in [1.82, 2.24) is 0 Å². The van der Waals surface area contributed by atoms with Crippen molar-refractivity contribution in [2.75, 3.05) is 18.5 Å². The Kier molecular flexibility index (Phi) is 4.00. The molecule has 18 heavy (non-hydrogen) atoms. The lowest BCUT2D eigenvalue weighted by molar-refractivity contribution is -0.126. The Morgan fingerprint density at radius 1 is 1.39 bits per heavy atom. The van der Waals surface area contributed by atoms with Crippen LogP contribution in [0.4, 0.5) is 5.69 Å². The van der Waals surface area contributed by atoms with E-state index in [1.807, 2.05) is 18.2 Å². The summed E-state index contributed by atoms with van der Waals surface area (Å²) in [4.78, 5) is 12.3. The van der Waals surface area contributed by atoms with Crippen molar-refractivity contribution in [3.63, 3.8) is 0 Å². The number of amides is 1. The number of nitrogens with zero attached hydrogens (tertiary/aromatic N) is 1. The summed E-state index contributed by atoms with van der Waals surface area (Å²) in [6, 6.07) is 9.50. The van der Waals surface area contributed by atoms with Gasteiger partial charge in [-0.15, -0.1) is 0 Å². The second-order valence-electron chi connectivity index (χ2n) is 4.24. The molecule has 0 saturated carbocycles. The average Bonchev–Trinajstić information content (AvgIpc) is 2.42. The summed E-state index contributed by atoms with van der Waals surface area (Å²) < 4.78 is 6.01. The molecule has 1 heterocycles. The zero-order valence-corrected chi connectivity index (χ0v) is 11.4. The second-order valence-corrected chi connectivity index (χ2v) is 5.09. The molecule has 1 amide bonds. The van der Waals surface area contributed by atoms with Crippen LogP contribution in [0, 0.1) is 16.7 Å². The van der Waals surface area contributed by atoms with Gasteiger partial charge in [0.25, 0.3) is 0 Å². The topological polar surface area (TPSA) is 62.1 Å². The Hall–Kier alpha value is -1.38. The summed E-state index contributed by atoms with van der Waals surface area (Å²) in [6.07, 6.45) is 0.888. The number of carbonyl (C=O) groups excluding carboxylic acids is 1. The van der Waals surface area contributed by atoms with Crippen LogP contribution in [0.25, 0.3) is 0 Å². The molecule has 1 saturated heterocycles. The molecule has 5 heteroatoms. The van der Waals surface area contributed by atoms with Gasteiger partial charge < -0.3 is 10.1 Å². The number of hydrogen-bond acceptors (Lipinski definition) is 3. The molecule has 4 nitrogen and oxygen atoms in total. The molecule has 1 fully saturated rings. The first kappa shape index (κ1) is 13.1. The third-order valence-electron chi connectivity index (χ3n) is 3.12. The van der Waals surface area contributed by atoms with Gasteiger partial charge in [0.05, 0.1) is 11.8 Å². The van der Waals surface area contributed by atoms with E-state index in [9.17, 15) is 10.1 Å². The van der Waals surface area contributed by atoms with Crippen molar-refractivity contribution >= 4 is 27.5 Å². The van der Waals surface area contributed by atoms with Crippen LogP contribution in [-0.2, 0) is 9.53 Å². The number of halogens is 1. The normalized spacial score (nSPS) is 17.8. The third kappa shape index (κ3) is 2.55. The smallest absolute Gasteiger partial charge is 0.245 e. The van der Waals surface area contributed by atoms with Crippen molar-refractivity contribution in [3.05, 3.63) is 28.7 Å². The van der Waals surface area contributed by atoms with Gasteiger partial charge in [-0.05, 0) is 40.9 Å². The number of anilines is 1. The van der Waals surface area contributed by atoms with Gasteiger partial charge in [0.1, 0.15) is 5.41 Å². The Morgan fingerprint density at radius 2 is 2.06 bits per heavy atom. The Labute approximate surface area is 114 Å². The van der Waals surface area contributed by atoms with Crippen LogP contribution in [0.15, 0.2) is 28.7 Å². The highest BCUT2D eigenvalue weighted by Gasteiger charge is 2.40. The molecular formula is C13H13BrN2O2. The van der Waals surface area contributed by atoms with E-state index in [0.717, 1.165) is 4.47 Å². The number of nitriles is 1. The van der Waals surface area contributed by atoms with E-state index >= 15 is 0 Å². The predicted molar refractivity (Wildman–Crippen MR) is 70.9 cm³/mol. The quantitative estimate of drug-likeness (QED) is 0.913. The lowest BCUT2D eigenvalue weighted by Crippen LogP contribution is -2.40. The number of benzene rings is 1. The lowest BCUT2D eigenvalue weighted by atomic mass is 9.81. The zero-order valence-electron chi connectivity index (χ0n) is 9.78. The zero-order chi connectivity index (χ0) is 13.0. The van der Waals surface area contributed by atoms with Gasteiger partial charge in [0, 0.05) is 17.7 Å². The van der Waals surface area contributed by atoms with Crippen LogP contribution < -0.4 is 5.32 Å². The highest BCUT2D eigenvalue weighted by Crippen LogP contribution is 2.32. The van der Waals surface area contributed by atoms with Gasteiger partial charge in [-0.25, -0.2) is 0 Å². The highest BCUT2D eigenvalue weighted by atomic mass is 79.9. The Morgan fingerprint density at radius 3 is 2.67 bits per heavy atom. The maximum atomic E-state index is 12.3. The molecule has 0 unspecified atom stereocenters. The molecule has 1 aliphatic heterocycles. The average molecular weight is 309 g/mol. The van der Waals surface area contributed by atoms with E-state index in [4.69, 9.17) is 4.74 Å². The molecular weight excluding hydrogens is 296 g/mol. The van der Waals surface area contributed by atoms with Gasteiger partial charge in [-0.1, -0.05) is 12.1 Å². The molecule has 1 aliphatic rings. The molecule has 94 valence electrons. The molecule has 0 aliphatic carbocycles. The highest BCUT2D eigenvalue weighted by molar-refractivity contribution is 9.10. The molecule has 1 N–H and O–H groups in total. The fourth-order valence-electron chi connectivity index (χ4n) is 1.91. The van der Waals surface area contributed by atoms with Crippen molar-refractivity contribution < 1.29 is 9.53 Å². The fourth-order valence-corrected chi connectivity index (χ4v) is 2.30. The van der Waals surface area contributed by atoms with Crippen molar-refractivity contribution in [3.8, 4) is 6.07 Å². The summed E-state index contributed by atoms with van der Waals surface area (Å²) in [6.45, 7) is 0.911. The van der Waals surface area contributed by atoms with Crippen LogP contribution >= 0.6 is 15.9 Å². The summed E-state index contributed by atoms with van der Waals surface area (Å²) in [5.41, 5.74) is -0.281. The minimum Gasteiger partial charge on any atom is -0.381 e. The van der Waals surface area contributed by atoms with E-state index in [1.54, 1.807) is 6.07 Å². The van der Waals surface area contributed by atoms with E-state index < -0.39 is 5.41 Å². The summed E-state index contributed by atoms with van der Waals surface area (Å²) in [5.74, 6) is -0.250. The molecule has 0 atom stereocenters. The summed E-state index contributed by atoms with van der Waals surface area (Å²) in [7, 11) is 0.